The second-order valence-electron chi connectivity index (χ2n) is 1.84. The van der Waals surface area contributed by atoms with Gasteiger partial charge in [0.05, 0.1) is 0 Å². The van der Waals surface area contributed by atoms with Gasteiger partial charge in [0.1, 0.15) is 0 Å². The molecule has 2 heteroatoms. The summed E-state index contributed by atoms with van der Waals surface area (Å²) >= 11 is 0. The molecule has 8 heavy (non-hydrogen) atoms. The summed E-state index contributed by atoms with van der Waals surface area (Å²) < 4.78 is 0. The molecule has 0 rings (SSSR count). The molecule has 0 radical (unpaired) electrons. The van der Waals surface area contributed by atoms with Gasteiger partial charge < -0.3 is 0 Å². The summed E-state index contributed by atoms with van der Waals surface area (Å²) in [5, 5.41) is 1.44. The van der Waals surface area contributed by atoms with Crippen LogP contribution in [-0.2, 0) is 0 Å². The molecule has 0 aliphatic carbocycles. The maximum Gasteiger partial charge on any atom is 0.0242 e. The van der Waals surface area contributed by atoms with Gasteiger partial charge in [0.25, 0.3) is 0 Å². The highest BCUT2D eigenvalue weighted by Gasteiger charge is 1.93. The third-order valence-electron chi connectivity index (χ3n) is 0.822. The number of nitrogens with two attached hydrogens (primary N) is 1. The zero-order valence-electron chi connectivity index (χ0n) is 5.44. The van der Waals surface area contributed by atoms with Crippen LogP contribution in [0.4, 0.5) is 0 Å². The highest BCUT2D eigenvalue weighted by atomic mass is 15.4. The molecule has 0 unspecified atom stereocenters. The number of hydrazine groups is 1. The van der Waals surface area contributed by atoms with E-state index in [1.54, 1.807) is 0 Å². The molecule has 0 amide bonds. The lowest BCUT2D eigenvalue weighted by Crippen LogP contribution is -2.25. The lowest BCUT2D eigenvalue weighted by molar-refractivity contribution is 0.456. The van der Waals surface area contributed by atoms with Crippen LogP contribution in [0, 0.1) is 0 Å². The minimum atomic E-state index is 0.803. The van der Waals surface area contributed by atoms with Gasteiger partial charge in [0, 0.05) is 11.4 Å². The summed E-state index contributed by atoms with van der Waals surface area (Å²) in [6.07, 6.45) is 0. The Hall–Kier alpha value is -0.760. The number of hydrogen-bond donors (Lipinski definition) is 1. The number of nitrogens with zero attached hydrogens (tertiary/aromatic N) is 1. The van der Waals surface area contributed by atoms with E-state index in [0.717, 1.165) is 11.4 Å². The van der Waals surface area contributed by atoms with E-state index in [9.17, 15) is 0 Å². The minimum absolute atomic E-state index is 0.803. The Kier molecular flexibility index (Phi) is 2.28. The van der Waals surface area contributed by atoms with Gasteiger partial charge in [-0.3, -0.25) is 5.01 Å². The largest absolute Gasteiger partial charge is 0.290 e. The predicted octanol–water partition coefficient (Wildman–Crippen LogP) is 1.23. The van der Waals surface area contributed by atoms with Crippen LogP contribution in [0.15, 0.2) is 24.6 Å². The number of rotatable bonds is 2. The summed E-state index contributed by atoms with van der Waals surface area (Å²) in [4.78, 5) is 0. The molecule has 2 nitrogen and oxygen atoms in total. The van der Waals surface area contributed by atoms with Crippen molar-refractivity contribution in [1.29, 1.82) is 0 Å². The molecular weight excluding hydrogens is 100 g/mol. The molecule has 0 bridgehead atoms. The topological polar surface area (TPSA) is 29.3 Å². The van der Waals surface area contributed by atoms with Crippen molar-refractivity contribution in [2.24, 2.45) is 5.84 Å². The average molecular weight is 112 g/mol. The van der Waals surface area contributed by atoms with E-state index >= 15 is 0 Å². The molecule has 0 heterocycles. The van der Waals surface area contributed by atoms with E-state index in [2.05, 4.69) is 13.2 Å². The van der Waals surface area contributed by atoms with Crippen LogP contribution < -0.4 is 5.84 Å². The Morgan fingerprint density at radius 2 is 1.50 bits per heavy atom. The second kappa shape index (κ2) is 2.52. The molecule has 0 spiro atoms. The van der Waals surface area contributed by atoms with Crippen LogP contribution in [0.5, 0.6) is 0 Å². The first-order valence-electron chi connectivity index (χ1n) is 2.41. The number of allylic oxidation sites excluding steroid dienone is 2. The molecule has 0 aromatic rings. The van der Waals surface area contributed by atoms with Crippen LogP contribution in [0.3, 0.4) is 0 Å². The molecule has 0 aliphatic rings. The molecule has 2 N–H and O–H groups in total. The van der Waals surface area contributed by atoms with Gasteiger partial charge in [-0.1, -0.05) is 13.2 Å². The standard InChI is InChI=1S/C6H12N2/c1-5(2)8(7)6(3)4/h1,3,7H2,2,4H3. The van der Waals surface area contributed by atoms with Crippen molar-refractivity contribution < 1.29 is 0 Å². The maximum absolute atomic E-state index is 5.39. The Bertz CT molecular complexity index is 102. The van der Waals surface area contributed by atoms with Gasteiger partial charge in [0.2, 0.25) is 0 Å². The Morgan fingerprint density at radius 1 is 1.25 bits per heavy atom. The molecule has 0 fully saturated rings. The highest BCUT2D eigenvalue weighted by Crippen LogP contribution is 1.99. The predicted molar refractivity (Wildman–Crippen MR) is 35.7 cm³/mol. The van der Waals surface area contributed by atoms with Gasteiger partial charge in [-0.2, -0.15) is 0 Å². The summed E-state index contributed by atoms with van der Waals surface area (Å²) in [6.45, 7) is 10.9. The summed E-state index contributed by atoms with van der Waals surface area (Å²) in [5.41, 5.74) is 1.61. The normalized spacial score (nSPS) is 8.38. The first-order valence-corrected chi connectivity index (χ1v) is 2.41. The molecule has 0 saturated heterocycles. The molecular formula is C6H12N2. The molecule has 0 atom stereocenters. The van der Waals surface area contributed by atoms with E-state index in [-0.39, 0.29) is 0 Å². The zero-order valence-corrected chi connectivity index (χ0v) is 5.44. The average Bonchev–Trinajstić information content (AvgIpc) is 1.64. The third kappa shape index (κ3) is 1.80. The molecule has 0 aromatic heterocycles. The zero-order chi connectivity index (χ0) is 6.73. The van der Waals surface area contributed by atoms with Gasteiger partial charge in [-0.05, 0) is 13.8 Å². The SMILES string of the molecule is C=C(C)N(N)C(=C)C. The van der Waals surface area contributed by atoms with Crippen LogP contribution in [0.1, 0.15) is 13.8 Å². The van der Waals surface area contributed by atoms with Crippen LogP contribution in [0.25, 0.3) is 0 Å². The summed E-state index contributed by atoms with van der Waals surface area (Å²) in [5.74, 6) is 5.39. The van der Waals surface area contributed by atoms with E-state index in [0.29, 0.717) is 0 Å². The lowest BCUT2D eigenvalue weighted by Gasteiger charge is -2.16. The van der Waals surface area contributed by atoms with E-state index in [4.69, 9.17) is 5.84 Å². The van der Waals surface area contributed by atoms with E-state index in [1.165, 1.54) is 5.01 Å². The van der Waals surface area contributed by atoms with Crippen molar-refractivity contribution in [3.63, 3.8) is 0 Å². The van der Waals surface area contributed by atoms with Crippen molar-refractivity contribution >= 4 is 0 Å². The Morgan fingerprint density at radius 3 is 1.50 bits per heavy atom. The van der Waals surface area contributed by atoms with Crippen molar-refractivity contribution in [1.82, 2.24) is 5.01 Å². The Labute approximate surface area is 50.3 Å². The van der Waals surface area contributed by atoms with Gasteiger partial charge in [0.15, 0.2) is 0 Å². The molecule has 0 saturated carbocycles. The van der Waals surface area contributed by atoms with Gasteiger partial charge in [-0.15, -0.1) is 0 Å². The Balaban J connectivity index is 3.83. The third-order valence-corrected chi connectivity index (χ3v) is 0.822. The second-order valence-corrected chi connectivity index (χ2v) is 1.84. The first-order chi connectivity index (χ1) is 3.55. The monoisotopic (exact) mass is 112 g/mol. The van der Waals surface area contributed by atoms with Crippen LogP contribution >= 0.6 is 0 Å². The first kappa shape index (κ1) is 7.24. The van der Waals surface area contributed by atoms with E-state index < -0.39 is 0 Å². The fourth-order valence-electron chi connectivity index (χ4n) is 0.326. The van der Waals surface area contributed by atoms with Gasteiger partial charge in [-0.25, -0.2) is 5.84 Å². The molecule has 0 aromatic carbocycles. The number of hydrogen-bond acceptors (Lipinski definition) is 2. The van der Waals surface area contributed by atoms with Crippen molar-refractivity contribution in [3.8, 4) is 0 Å². The van der Waals surface area contributed by atoms with Crippen molar-refractivity contribution in [3.05, 3.63) is 24.6 Å². The quantitative estimate of drug-likeness (QED) is 0.430. The van der Waals surface area contributed by atoms with Crippen molar-refractivity contribution in [2.45, 2.75) is 13.8 Å². The maximum atomic E-state index is 5.39. The van der Waals surface area contributed by atoms with Gasteiger partial charge >= 0.3 is 0 Å². The smallest absolute Gasteiger partial charge is 0.0242 e. The highest BCUT2D eigenvalue weighted by molar-refractivity contribution is 4.98. The molecule has 0 aliphatic heterocycles. The van der Waals surface area contributed by atoms with E-state index in [1.807, 2.05) is 13.8 Å². The molecule has 46 valence electrons. The fourth-order valence-corrected chi connectivity index (χ4v) is 0.326. The lowest BCUT2D eigenvalue weighted by atomic mass is 10.4. The minimum Gasteiger partial charge on any atom is -0.290 e. The fraction of sp³-hybridized carbons (Fsp3) is 0.333. The summed E-state index contributed by atoms with van der Waals surface area (Å²) in [6, 6.07) is 0. The van der Waals surface area contributed by atoms with Crippen LogP contribution in [0.2, 0.25) is 0 Å². The summed E-state index contributed by atoms with van der Waals surface area (Å²) in [7, 11) is 0. The van der Waals surface area contributed by atoms with Crippen molar-refractivity contribution in [2.75, 3.05) is 0 Å². The van der Waals surface area contributed by atoms with Crippen LogP contribution in [-0.4, -0.2) is 5.01 Å².